The third-order valence-electron chi connectivity index (χ3n) is 6.60. The first-order valence-electron chi connectivity index (χ1n) is 11.9. The van der Waals surface area contributed by atoms with Crippen LogP contribution in [-0.2, 0) is 4.74 Å². The molecule has 0 spiro atoms. The number of aryl methyl sites for hydroxylation is 1. The standard InChI is InChI=1S/C26H27F2N5O3/c1-16-2-4-17(5-3-16)21-14-22(23(27)28)33-24(31-21)20(15-29-33)25(34)30-19-8-6-18(7-9-19)26(35)32-10-12-36-13-11-32/h2-9,15,21-23,31H,10-14H2,1H3,(H,30,34)/t21-,22-/m0/s1. The molecule has 0 radical (unpaired) electrons. The summed E-state index contributed by atoms with van der Waals surface area (Å²) in [4.78, 5) is 27.5. The number of fused-ring (bicyclic) bond motifs is 1. The highest BCUT2D eigenvalue weighted by molar-refractivity contribution is 6.07. The van der Waals surface area contributed by atoms with Crippen LogP contribution in [0.1, 0.15) is 50.3 Å². The number of nitrogens with zero attached hydrogens (tertiary/aromatic N) is 3. The predicted molar refractivity (Wildman–Crippen MR) is 131 cm³/mol. The molecule has 36 heavy (non-hydrogen) atoms. The van der Waals surface area contributed by atoms with Gasteiger partial charge in [-0.3, -0.25) is 9.59 Å². The summed E-state index contributed by atoms with van der Waals surface area (Å²) in [5.41, 5.74) is 3.11. The minimum absolute atomic E-state index is 0.0914. The molecule has 2 aliphatic rings. The molecule has 2 aliphatic heterocycles. The van der Waals surface area contributed by atoms with Crippen LogP contribution >= 0.6 is 0 Å². The number of aromatic nitrogens is 2. The smallest absolute Gasteiger partial charge is 0.261 e. The van der Waals surface area contributed by atoms with Gasteiger partial charge in [0.15, 0.2) is 0 Å². The van der Waals surface area contributed by atoms with Gasteiger partial charge < -0.3 is 20.3 Å². The van der Waals surface area contributed by atoms with Crippen molar-refractivity contribution in [3.63, 3.8) is 0 Å². The van der Waals surface area contributed by atoms with Crippen LogP contribution in [0.5, 0.6) is 0 Å². The number of amides is 2. The molecule has 2 atom stereocenters. The van der Waals surface area contributed by atoms with Crippen LogP contribution in [0, 0.1) is 6.92 Å². The third kappa shape index (κ3) is 4.81. The molecule has 0 aliphatic carbocycles. The van der Waals surface area contributed by atoms with Crippen LogP contribution in [0.2, 0.25) is 0 Å². The molecule has 2 N–H and O–H groups in total. The largest absolute Gasteiger partial charge is 0.378 e. The van der Waals surface area contributed by atoms with Gasteiger partial charge in [0.2, 0.25) is 0 Å². The average Bonchev–Trinajstić information content (AvgIpc) is 3.33. The minimum Gasteiger partial charge on any atom is -0.378 e. The van der Waals surface area contributed by atoms with Crippen molar-refractivity contribution in [2.24, 2.45) is 0 Å². The number of hydrogen-bond acceptors (Lipinski definition) is 5. The number of nitrogens with one attached hydrogen (secondary N) is 2. The molecule has 1 aromatic heterocycles. The highest BCUT2D eigenvalue weighted by Crippen LogP contribution is 2.39. The summed E-state index contributed by atoms with van der Waals surface area (Å²) in [7, 11) is 0. The number of halogens is 2. The second-order valence-electron chi connectivity index (χ2n) is 9.03. The fraction of sp³-hybridized carbons (Fsp3) is 0.346. The molecule has 0 bridgehead atoms. The lowest BCUT2D eigenvalue weighted by atomic mass is 9.96. The lowest BCUT2D eigenvalue weighted by Crippen LogP contribution is -2.40. The van der Waals surface area contributed by atoms with Gasteiger partial charge in [0, 0.05) is 24.3 Å². The van der Waals surface area contributed by atoms with Gasteiger partial charge in [-0.25, -0.2) is 13.5 Å². The molecule has 3 aromatic rings. The van der Waals surface area contributed by atoms with Crippen molar-refractivity contribution in [2.75, 3.05) is 36.9 Å². The first kappa shape index (κ1) is 23.9. The molecule has 3 heterocycles. The van der Waals surface area contributed by atoms with Crippen molar-refractivity contribution in [3.05, 3.63) is 77.0 Å². The van der Waals surface area contributed by atoms with Crippen molar-refractivity contribution in [1.82, 2.24) is 14.7 Å². The summed E-state index contributed by atoms with van der Waals surface area (Å²) >= 11 is 0. The van der Waals surface area contributed by atoms with Crippen LogP contribution in [0.15, 0.2) is 54.7 Å². The minimum atomic E-state index is -2.63. The van der Waals surface area contributed by atoms with E-state index in [1.165, 1.54) is 10.9 Å². The van der Waals surface area contributed by atoms with E-state index in [0.29, 0.717) is 37.6 Å². The van der Waals surface area contributed by atoms with Gasteiger partial charge >= 0.3 is 0 Å². The van der Waals surface area contributed by atoms with Crippen molar-refractivity contribution < 1.29 is 23.1 Å². The van der Waals surface area contributed by atoms with E-state index in [0.717, 1.165) is 11.1 Å². The van der Waals surface area contributed by atoms with Crippen LogP contribution in [0.4, 0.5) is 20.3 Å². The number of alkyl halides is 2. The molecule has 8 nitrogen and oxygen atoms in total. The maximum Gasteiger partial charge on any atom is 0.261 e. The van der Waals surface area contributed by atoms with Gasteiger partial charge in [0.25, 0.3) is 18.2 Å². The Kier molecular flexibility index (Phi) is 6.69. The molecule has 0 unspecified atom stereocenters. The van der Waals surface area contributed by atoms with Crippen molar-refractivity contribution in [2.45, 2.75) is 31.9 Å². The summed E-state index contributed by atoms with van der Waals surface area (Å²) in [6.45, 7) is 4.07. The molecule has 10 heteroatoms. The SMILES string of the molecule is Cc1ccc([C@@H]2C[C@@H](C(F)F)n3ncc(C(=O)Nc4ccc(C(=O)N5CCOCC5)cc4)c3N2)cc1. The van der Waals surface area contributed by atoms with E-state index < -0.39 is 18.4 Å². The Balaban J connectivity index is 1.33. The summed E-state index contributed by atoms with van der Waals surface area (Å²) in [6, 6.07) is 12.7. The quantitative estimate of drug-likeness (QED) is 0.552. The Morgan fingerprint density at radius 1 is 1.08 bits per heavy atom. The molecular formula is C26H27F2N5O3. The van der Waals surface area contributed by atoms with E-state index in [-0.39, 0.29) is 29.8 Å². The Morgan fingerprint density at radius 2 is 1.78 bits per heavy atom. The Morgan fingerprint density at radius 3 is 2.44 bits per heavy atom. The zero-order valence-corrected chi connectivity index (χ0v) is 19.8. The van der Waals surface area contributed by atoms with Crippen LogP contribution in [0.3, 0.4) is 0 Å². The Bertz CT molecular complexity index is 1240. The number of hydrogen-bond donors (Lipinski definition) is 2. The number of carbonyl (C=O) groups excluding carboxylic acids is 2. The summed E-state index contributed by atoms with van der Waals surface area (Å²) in [5, 5.41) is 10.1. The number of ether oxygens (including phenoxy) is 1. The summed E-state index contributed by atoms with van der Waals surface area (Å²) in [6.07, 6.45) is -1.18. The first-order valence-corrected chi connectivity index (χ1v) is 11.9. The molecule has 2 aromatic carbocycles. The second-order valence-corrected chi connectivity index (χ2v) is 9.03. The number of rotatable bonds is 5. The zero-order valence-electron chi connectivity index (χ0n) is 19.8. The molecule has 188 valence electrons. The van der Waals surface area contributed by atoms with Gasteiger partial charge in [0.1, 0.15) is 17.4 Å². The maximum atomic E-state index is 13.9. The second kappa shape index (κ2) is 10.1. The summed E-state index contributed by atoms with van der Waals surface area (Å²) < 4.78 is 34.3. The maximum absolute atomic E-state index is 13.9. The van der Waals surface area contributed by atoms with Crippen LogP contribution in [-0.4, -0.2) is 59.2 Å². The molecule has 5 rings (SSSR count). The zero-order chi connectivity index (χ0) is 25.2. The van der Waals surface area contributed by atoms with Gasteiger partial charge in [-0.15, -0.1) is 0 Å². The fourth-order valence-electron chi connectivity index (χ4n) is 4.56. The van der Waals surface area contributed by atoms with Gasteiger partial charge in [-0.1, -0.05) is 29.8 Å². The average molecular weight is 496 g/mol. The molecule has 1 saturated heterocycles. The van der Waals surface area contributed by atoms with E-state index in [4.69, 9.17) is 4.74 Å². The monoisotopic (exact) mass is 495 g/mol. The van der Waals surface area contributed by atoms with Gasteiger partial charge in [-0.2, -0.15) is 5.10 Å². The van der Waals surface area contributed by atoms with E-state index in [1.54, 1.807) is 29.2 Å². The van der Waals surface area contributed by atoms with Crippen molar-refractivity contribution >= 4 is 23.3 Å². The van der Waals surface area contributed by atoms with E-state index in [2.05, 4.69) is 15.7 Å². The van der Waals surface area contributed by atoms with E-state index in [9.17, 15) is 18.4 Å². The number of carbonyl (C=O) groups is 2. The molecule has 2 amide bonds. The molecule has 1 fully saturated rings. The topological polar surface area (TPSA) is 88.5 Å². The highest BCUT2D eigenvalue weighted by atomic mass is 19.3. The molecular weight excluding hydrogens is 468 g/mol. The normalized spacial score (nSPS) is 19.5. The third-order valence-corrected chi connectivity index (χ3v) is 6.60. The lowest BCUT2D eigenvalue weighted by Gasteiger charge is -2.32. The van der Waals surface area contributed by atoms with Crippen LogP contribution < -0.4 is 10.6 Å². The van der Waals surface area contributed by atoms with E-state index >= 15 is 0 Å². The highest BCUT2D eigenvalue weighted by Gasteiger charge is 2.36. The predicted octanol–water partition coefficient (Wildman–Crippen LogP) is 4.28. The van der Waals surface area contributed by atoms with Crippen molar-refractivity contribution in [1.29, 1.82) is 0 Å². The van der Waals surface area contributed by atoms with Crippen LogP contribution in [0.25, 0.3) is 0 Å². The number of morpholine rings is 1. The van der Waals surface area contributed by atoms with Gasteiger partial charge in [-0.05, 0) is 43.2 Å². The fourth-order valence-corrected chi connectivity index (χ4v) is 4.56. The Hall–Kier alpha value is -3.79. The first-order chi connectivity index (χ1) is 17.4. The number of anilines is 2. The van der Waals surface area contributed by atoms with E-state index in [1.807, 2.05) is 31.2 Å². The Labute approximate surface area is 207 Å². The molecule has 0 saturated carbocycles. The lowest BCUT2D eigenvalue weighted by molar-refractivity contribution is 0.0303. The summed E-state index contributed by atoms with van der Waals surface area (Å²) in [5.74, 6) is -0.311. The van der Waals surface area contributed by atoms with Gasteiger partial charge in [0.05, 0.1) is 25.5 Å². The van der Waals surface area contributed by atoms with Crippen molar-refractivity contribution in [3.8, 4) is 0 Å². The number of benzene rings is 2.